The van der Waals surface area contributed by atoms with Gasteiger partial charge in [0, 0.05) is 6.42 Å². The number of benzene rings is 1. The highest BCUT2D eigenvalue weighted by atomic mass is 16.5. The second kappa shape index (κ2) is 5.24. The van der Waals surface area contributed by atoms with Gasteiger partial charge in [0.25, 0.3) is 11.8 Å². The second-order valence-electron chi connectivity index (χ2n) is 4.47. The van der Waals surface area contributed by atoms with Gasteiger partial charge >= 0.3 is 5.97 Å². The molecule has 1 aliphatic heterocycles. The van der Waals surface area contributed by atoms with Crippen LogP contribution in [0.25, 0.3) is 0 Å². The normalized spacial score (nSPS) is 15.0. The Bertz CT molecular complexity index is 572. The zero-order valence-corrected chi connectivity index (χ0v) is 11.1. The first kappa shape index (κ1) is 13.9. The number of hydrogen-bond acceptors (Lipinski definition) is 5. The quantitative estimate of drug-likeness (QED) is 0.600. The number of hydrogen-bond donors (Lipinski definition) is 0. The van der Waals surface area contributed by atoms with Crippen molar-refractivity contribution in [1.82, 2.24) is 4.90 Å². The van der Waals surface area contributed by atoms with Crippen molar-refractivity contribution in [3.8, 4) is 0 Å². The predicted octanol–water partition coefficient (Wildman–Crippen LogP) is 0.803. The Morgan fingerprint density at radius 2 is 1.65 bits per heavy atom. The van der Waals surface area contributed by atoms with Crippen molar-refractivity contribution < 1.29 is 23.9 Å². The molecule has 104 valence electrons. The monoisotopic (exact) mass is 275 g/mol. The molecule has 20 heavy (non-hydrogen) atoms. The van der Waals surface area contributed by atoms with Gasteiger partial charge in [-0.15, -0.1) is 0 Å². The highest BCUT2D eigenvalue weighted by Crippen LogP contribution is 2.26. The summed E-state index contributed by atoms with van der Waals surface area (Å²) in [5, 5.41) is 0. The van der Waals surface area contributed by atoms with E-state index in [1.165, 1.54) is 19.1 Å². The van der Waals surface area contributed by atoms with Gasteiger partial charge < -0.3 is 4.74 Å². The molecule has 1 unspecified atom stereocenters. The van der Waals surface area contributed by atoms with Crippen LogP contribution in [0.1, 0.15) is 34.1 Å². The third-order valence-corrected chi connectivity index (χ3v) is 3.09. The van der Waals surface area contributed by atoms with E-state index in [0.717, 1.165) is 12.0 Å². The number of amides is 2. The van der Waals surface area contributed by atoms with Crippen LogP contribution in [0.3, 0.4) is 0 Å². The minimum absolute atomic E-state index is 0.231. The maximum Gasteiger partial charge on any atom is 0.329 e. The number of fused-ring (bicyclic) bond motifs is 1. The third-order valence-electron chi connectivity index (χ3n) is 3.09. The molecule has 0 bridgehead atoms. The average Bonchev–Trinajstić information content (AvgIpc) is 2.68. The second-order valence-corrected chi connectivity index (χ2v) is 4.47. The Labute approximate surface area is 115 Å². The molecule has 2 rings (SSSR count). The van der Waals surface area contributed by atoms with Crippen LogP contribution in [0, 0.1) is 0 Å². The van der Waals surface area contributed by atoms with Crippen LogP contribution in [0.5, 0.6) is 0 Å². The van der Waals surface area contributed by atoms with Crippen LogP contribution in [0.4, 0.5) is 0 Å². The Morgan fingerprint density at radius 3 is 2.05 bits per heavy atom. The molecule has 6 heteroatoms. The molecule has 1 atom stereocenters. The molecule has 0 spiro atoms. The van der Waals surface area contributed by atoms with Crippen LogP contribution in [0.2, 0.25) is 0 Å². The van der Waals surface area contributed by atoms with Crippen molar-refractivity contribution in [2.24, 2.45) is 0 Å². The first-order valence-electron chi connectivity index (χ1n) is 6.01. The van der Waals surface area contributed by atoms with Gasteiger partial charge in [-0.05, 0) is 19.1 Å². The van der Waals surface area contributed by atoms with Crippen molar-refractivity contribution in [2.45, 2.75) is 19.4 Å². The van der Waals surface area contributed by atoms with Crippen molar-refractivity contribution in [1.29, 1.82) is 0 Å². The van der Waals surface area contributed by atoms with Crippen molar-refractivity contribution in [2.75, 3.05) is 7.11 Å². The molecule has 1 aliphatic rings. The number of ketones is 1. The zero-order chi connectivity index (χ0) is 14.9. The maximum absolute atomic E-state index is 12.2. The highest BCUT2D eigenvalue weighted by molar-refractivity contribution is 6.22. The number of esters is 1. The minimum atomic E-state index is -1.22. The molecule has 0 N–H and O–H groups in total. The topological polar surface area (TPSA) is 80.8 Å². The number of methoxy groups -OCH3 is 1. The number of nitrogens with zero attached hydrogens (tertiary/aromatic N) is 1. The molecule has 2 amide bonds. The first-order valence-corrected chi connectivity index (χ1v) is 6.01. The van der Waals surface area contributed by atoms with Crippen molar-refractivity contribution >= 4 is 23.6 Å². The minimum Gasteiger partial charge on any atom is -0.467 e. The van der Waals surface area contributed by atoms with Gasteiger partial charge in [-0.2, -0.15) is 0 Å². The molecule has 0 radical (unpaired) electrons. The number of carbonyl (C=O) groups excluding carboxylic acids is 4. The number of carbonyl (C=O) groups is 4. The lowest BCUT2D eigenvalue weighted by Crippen LogP contribution is -2.46. The summed E-state index contributed by atoms with van der Waals surface area (Å²) in [6.07, 6.45) is -0.252. The summed E-state index contributed by atoms with van der Waals surface area (Å²) in [5.74, 6) is -2.25. The molecule has 1 heterocycles. The smallest absolute Gasteiger partial charge is 0.329 e. The lowest BCUT2D eigenvalue weighted by molar-refractivity contribution is -0.146. The fourth-order valence-electron chi connectivity index (χ4n) is 2.18. The number of Topliss-reactive ketones (excluding diaryl/α,β-unsaturated/α-hetero) is 1. The van der Waals surface area contributed by atoms with Gasteiger partial charge in [0.05, 0.1) is 18.2 Å². The number of imide groups is 1. The fourth-order valence-corrected chi connectivity index (χ4v) is 2.18. The number of rotatable bonds is 4. The average molecular weight is 275 g/mol. The van der Waals surface area contributed by atoms with E-state index < -0.39 is 23.8 Å². The zero-order valence-electron chi connectivity index (χ0n) is 11.1. The van der Waals surface area contributed by atoms with Gasteiger partial charge in [-0.1, -0.05) is 12.1 Å². The molecular weight excluding hydrogens is 262 g/mol. The molecule has 0 fully saturated rings. The molecule has 1 aromatic rings. The molecule has 0 saturated carbocycles. The molecular formula is C14H13NO5. The Morgan fingerprint density at radius 1 is 1.15 bits per heavy atom. The van der Waals surface area contributed by atoms with Crippen LogP contribution >= 0.6 is 0 Å². The van der Waals surface area contributed by atoms with E-state index in [-0.39, 0.29) is 23.3 Å². The van der Waals surface area contributed by atoms with Gasteiger partial charge in [-0.25, -0.2) is 4.79 Å². The van der Waals surface area contributed by atoms with Gasteiger partial charge in [-0.3, -0.25) is 19.3 Å². The lowest BCUT2D eigenvalue weighted by atomic mass is 10.1. The Balaban J connectivity index is 2.41. The van der Waals surface area contributed by atoms with Crippen molar-refractivity contribution in [3.63, 3.8) is 0 Å². The van der Waals surface area contributed by atoms with E-state index in [4.69, 9.17) is 0 Å². The molecule has 0 aliphatic carbocycles. The Kier molecular flexibility index (Phi) is 3.65. The van der Waals surface area contributed by atoms with E-state index in [2.05, 4.69) is 4.74 Å². The standard InChI is InChI=1S/C14H13NO5/c1-8(16)7-11(14(19)20-2)15-12(17)9-5-3-4-6-10(9)13(15)18/h3-6,11H,7H2,1-2H3. The first-order chi connectivity index (χ1) is 9.47. The summed E-state index contributed by atoms with van der Waals surface area (Å²) in [6, 6.07) is 5.07. The predicted molar refractivity (Wildman–Crippen MR) is 68.0 cm³/mol. The molecule has 0 aromatic heterocycles. The van der Waals surface area contributed by atoms with E-state index in [9.17, 15) is 19.2 Å². The highest BCUT2D eigenvalue weighted by Gasteiger charge is 2.43. The Hall–Kier alpha value is -2.50. The van der Waals surface area contributed by atoms with Gasteiger partial charge in [0.2, 0.25) is 0 Å². The van der Waals surface area contributed by atoms with Gasteiger partial charge in [0.1, 0.15) is 11.8 Å². The fraction of sp³-hybridized carbons (Fsp3) is 0.286. The summed E-state index contributed by atoms with van der Waals surface area (Å²) in [6.45, 7) is 1.29. The number of ether oxygens (including phenoxy) is 1. The SMILES string of the molecule is COC(=O)C(CC(C)=O)N1C(=O)c2ccccc2C1=O. The third kappa shape index (κ3) is 2.20. The maximum atomic E-state index is 12.2. The van der Waals surface area contributed by atoms with Crippen molar-refractivity contribution in [3.05, 3.63) is 35.4 Å². The van der Waals surface area contributed by atoms with Crippen LogP contribution < -0.4 is 0 Å². The lowest BCUT2D eigenvalue weighted by Gasteiger charge is -2.22. The van der Waals surface area contributed by atoms with E-state index in [1.54, 1.807) is 12.1 Å². The van der Waals surface area contributed by atoms with E-state index in [1.807, 2.05) is 0 Å². The summed E-state index contributed by atoms with van der Waals surface area (Å²) in [5.41, 5.74) is 0.463. The van der Waals surface area contributed by atoms with Crippen LogP contribution in [-0.4, -0.2) is 41.6 Å². The van der Waals surface area contributed by atoms with Crippen LogP contribution in [-0.2, 0) is 14.3 Å². The largest absolute Gasteiger partial charge is 0.467 e. The molecule has 6 nitrogen and oxygen atoms in total. The molecule has 0 saturated heterocycles. The van der Waals surface area contributed by atoms with E-state index >= 15 is 0 Å². The summed E-state index contributed by atoms with van der Waals surface area (Å²) in [7, 11) is 1.15. The molecule has 1 aromatic carbocycles. The van der Waals surface area contributed by atoms with Gasteiger partial charge in [0.15, 0.2) is 0 Å². The van der Waals surface area contributed by atoms with E-state index in [0.29, 0.717) is 0 Å². The summed E-state index contributed by atoms with van der Waals surface area (Å²) < 4.78 is 4.58. The van der Waals surface area contributed by atoms with Crippen LogP contribution in [0.15, 0.2) is 24.3 Å². The summed E-state index contributed by atoms with van der Waals surface area (Å²) >= 11 is 0. The summed E-state index contributed by atoms with van der Waals surface area (Å²) in [4.78, 5) is 48.3.